The Morgan fingerprint density at radius 3 is 2.25 bits per heavy atom. The fourth-order valence-electron chi connectivity index (χ4n) is 2.47. The molecule has 1 amide bonds. The molecule has 0 unspecified atom stereocenters. The maximum absolute atomic E-state index is 11.9. The van der Waals surface area contributed by atoms with E-state index in [4.69, 9.17) is 0 Å². The highest BCUT2D eigenvalue weighted by atomic mass is 16.2. The van der Waals surface area contributed by atoms with Gasteiger partial charge in [0.05, 0.1) is 12.6 Å². The van der Waals surface area contributed by atoms with Crippen molar-refractivity contribution in [3.05, 3.63) is 65.2 Å². The Morgan fingerprint density at radius 1 is 1.04 bits per heavy atom. The minimum atomic E-state index is -0.116. The first kappa shape index (κ1) is 17.7. The van der Waals surface area contributed by atoms with Crippen LogP contribution in [0, 0.1) is 6.92 Å². The van der Waals surface area contributed by atoms with Crippen molar-refractivity contribution in [2.45, 2.75) is 27.2 Å². The quantitative estimate of drug-likeness (QED) is 0.626. The number of rotatable bonds is 7. The zero-order valence-electron chi connectivity index (χ0n) is 14.6. The van der Waals surface area contributed by atoms with Gasteiger partial charge in [0.15, 0.2) is 0 Å². The molecule has 2 aromatic rings. The van der Waals surface area contributed by atoms with Crippen LogP contribution in [0.1, 0.15) is 30.5 Å². The number of nitrogens with one attached hydrogen (secondary N) is 1. The van der Waals surface area contributed by atoms with Gasteiger partial charge in [-0.05, 0) is 44.0 Å². The predicted molar refractivity (Wildman–Crippen MR) is 101 cm³/mol. The van der Waals surface area contributed by atoms with Crippen molar-refractivity contribution in [3.63, 3.8) is 0 Å². The molecule has 0 aliphatic carbocycles. The fourth-order valence-corrected chi connectivity index (χ4v) is 2.47. The van der Waals surface area contributed by atoms with E-state index < -0.39 is 0 Å². The highest BCUT2D eigenvalue weighted by molar-refractivity contribution is 5.83. The second kappa shape index (κ2) is 8.87. The Morgan fingerprint density at radius 2 is 1.67 bits per heavy atom. The molecule has 0 aromatic heterocycles. The van der Waals surface area contributed by atoms with Gasteiger partial charge in [0, 0.05) is 18.8 Å². The molecule has 0 aliphatic rings. The van der Waals surface area contributed by atoms with Crippen LogP contribution in [0.15, 0.2) is 53.6 Å². The average Bonchev–Trinajstić information content (AvgIpc) is 2.59. The summed E-state index contributed by atoms with van der Waals surface area (Å²) in [5, 5.41) is 4.03. The smallest absolute Gasteiger partial charge is 0.244 e. The largest absolute Gasteiger partial charge is 0.372 e. The third kappa shape index (κ3) is 5.23. The van der Waals surface area contributed by atoms with Crippen molar-refractivity contribution in [2.75, 3.05) is 18.0 Å². The van der Waals surface area contributed by atoms with Crippen LogP contribution in [0.5, 0.6) is 0 Å². The SMILES string of the molecule is CCN(CC)c1ccc(/C=N/NC(=O)Cc2ccc(C)cc2)cc1. The Hall–Kier alpha value is -2.62. The molecule has 0 radical (unpaired) electrons. The molecule has 24 heavy (non-hydrogen) atoms. The van der Waals surface area contributed by atoms with Gasteiger partial charge in [0.1, 0.15) is 0 Å². The summed E-state index contributed by atoms with van der Waals surface area (Å²) in [6, 6.07) is 16.1. The van der Waals surface area contributed by atoms with Gasteiger partial charge in [-0.25, -0.2) is 5.43 Å². The van der Waals surface area contributed by atoms with E-state index in [1.165, 1.54) is 11.3 Å². The van der Waals surface area contributed by atoms with E-state index in [0.29, 0.717) is 6.42 Å². The number of hydrogen-bond acceptors (Lipinski definition) is 3. The van der Waals surface area contributed by atoms with Crippen LogP contribution < -0.4 is 10.3 Å². The molecule has 0 aliphatic heterocycles. The highest BCUT2D eigenvalue weighted by Crippen LogP contribution is 2.13. The van der Waals surface area contributed by atoms with E-state index in [1.807, 2.05) is 43.3 Å². The van der Waals surface area contributed by atoms with E-state index in [9.17, 15) is 4.79 Å². The maximum atomic E-state index is 11.9. The number of benzene rings is 2. The van der Waals surface area contributed by atoms with Gasteiger partial charge in [0.25, 0.3) is 0 Å². The molecule has 0 saturated carbocycles. The van der Waals surface area contributed by atoms with E-state index >= 15 is 0 Å². The van der Waals surface area contributed by atoms with Gasteiger partial charge < -0.3 is 4.90 Å². The van der Waals surface area contributed by atoms with Crippen LogP contribution in [0.3, 0.4) is 0 Å². The lowest BCUT2D eigenvalue weighted by molar-refractivity contribution is -0.120. The first-order valence-electron chi connectivity index (χ1n) is 8.34. The molecule has 4 nitrogen and oxygen atoms in total. The molecule has 2 rings (SSSR count). The molecule has 2 aromatic carbocycles. The molecular weight excluding hydrogens is 298 g/mol. The van der Waals surface area contributed by atoms with E-state index in [0.717, 1.165) is 24.2 Å². The van der Waals surface area contributed by atoms with E-state index in [-0.39, 0.29) is 5.91 Å². The Labute approximate surface area is 144 Å². The Balaban J connectivity index is 1.86. The summed E-state index contributed by atoms with van der Waals surface area (Å²) in [4.78, 5) is 14.2. The summed E-state index contributed by atoms with van der Waals surface area (Å²) < 4.78 is 0. The van der Waals surface area contributed by atoms with Gasteiger partial charge in [-0.2, -0.15) is 5.10 Å². The Bertz CT molecular complexity index is 671. The molecule has 4 heteroatoms. The zero-order chi connectivity index (χ0) is 17.4. The van der Waals surface area contributed by atoms with Crippen LogP contribution in [0.2, 0.25) is 0 Å². The predicted octanol–water partition coefficient (Wildman–Crippen LogP) is 3.53. The van der Waals surface area contributed by atoms with Gasteiger partial charge in [0.2, 0.25) is 5.91 Å². The lowest BCUT2D eigenvalue weighted by atomic mass is 10.1. The minimum absolute atomic E-state index is 0.116. The molecule has 0 heterocycles. The van der Waals surface area contributed by atoms with Crippen molar-refractivity contribution < 1.29 is 4.79 Å². The summed E-state index contributed by atoms with van der Waals surface area (Å²) in [5.74, 6) is -0.116. The number of carbonyl (C=O) groups is 1. The van der Waals surface area contributed by atoms with Crippen LogP contribution >= 0.6 is 0 Å². The third-order valence-corrected chi connectivity index (χ3v) is 3.91. The molecule has 0 bridgehead atoms. The number of aryl methyl sites for hydroxylation is 1. The zero-order valence-corrected chi connectivity index (χ0v) is 14.6. The van der Waals surface area contributed by atoms with E-state index in [1.54, 1.807) is 6.21 Å². The van der Waals surface area contributed by atoms with Gasteiger partial charge in [-0.15, -0.1) is 0 Å². The number of anilines is 1. The van der Waals surface area contributed by atoms with Crippen LogP contribution in [0.4, 0.5) is 5.69 Å². The van der Waals surface area contributed by atoms with Crippen molar-refractivity contribution in [1.82, 2.24) is 5.43 Å². The fraction of sp³-hybridized carbons (Fsp3) is 0.300. The normalized spacial score (nSPS) is 10.8. The summed E-state index contributed by atoms with van der Waals surface area (Å²) in [7, 11) is 0. The van der Waals surface area contributed by atoms with Crippen molar-refractivity contribution in [3.8, 4) is 0 Å². The molecule has 0 fully saturated rings. The van der Waals surface area contributed by atoms with Crippen LogP contribution in [0.25, 0.3) is 0 Å². The van der Waals surface area contributed by atoms with Gasteiger partial charge in [-0.1, -0.05) is 42.0 Å². The second-order valence-electron chi connectivity index (χ2n) is 5.72. The highest BCUT2D eigenvalue weighted by Gasteiger charge is 2.02. The maximum Gasteiger partial charge on any atom is 0.244 e. The average molecular weight is 323 g/mol. The third-order valence-electron chi connectivity index (χ3n) is 3.91. The minimum Gasteiger partial charge on any atom is -0.372 e. The van der Waals surface area contributed by atoms with Crippen molar-refractivity contribution >= 4 is 17.8 Å². The molecule has 126 valence electrons. The standard InChI is InChI=1S/C20H25N3O/c1-4-23(5-2)19-12-10-18(11-13-19)15-21-22-20(24)14-17-8-6-16(3)7-9-17/h6-13,15H,4-5,14H2,1-3H3,(H,22,24)/b21-15+. The first-order chi connectivity index (χ1) is 11.6. The van der Waals surface area contributed by atoms with Crippen molar-refractivity contribution in [2.24, 2.45) is 5.10 Å². The van der Waals surface area contributed by atoms with Crippen LogP contribution in [-0.2, 0) is 11.2 Å². The lowest BCUT2D eigenvalue weighted by Crippen LogP contribution is -2.21. The molecular formula is C20H25N3O. The van der Waals surface area contributed by atoms with Crippen LogP contribution in [-0.4, -0.2) is 25.2 Å². The molecule has 0 atom stereocenters. The number of hydrazone groups is 1. The topological polar surface area (TPSA) is 44.7 Å². The number of nitrogens with zero attached hydrogens (tertiary/aromatic N) is 2. The number of amides is 1. The summed E-state index contributed by atoms with van der Waals surface area (Å²) in [6.45, 7) is 8.28. The second-order valence-corrected chi connectivity index (χ2v) is 5.72. The Kier molecular flexibility index (Phi) is 6.55. The monoisotopic (exact) mass is 323 g/mol. The number of hydrogen-bond donors (Lipinski definition) is 1. The molecule has 0 saturated heterocycles. The lowest BCUT2D eigenvalue weighted by Gasteiger charge is -2.20. The summed E-state index contributed by atoms with van der Waals surface area (Å²) in [6.07, 6.45) is 2.00. The van der Waals surface area contributed by atoms with Gasteiger partial charge >= 0.3 is 0 Å². The molecule has 0 spiro atoms. The summed E-state index contributed by atoms with van der Waals surface area (Å²) in [5.41, 5.74) is 6.90. The van der Waals surface area contributed by atoms with Crippen molar-refractivity contribution in [1.29, 1.82) is 0 Å². The van der Waals surface area contributed by atoms with E-state index in [2.05, 4.69) is 41.4 Å². The first-order valence-corrected chi connectivity index (χ1v) is 8.34. The molecule has 1 N–H and O–H groups in total. The van der Waals surface area contributed by atoms with Gasteiger partial charge in [-0.3, -0.25) is 4.79 Å². The number of carbonyl (C=O) groups excluding carboxylic acids is 1. The summed E-state index contributed by atoms with van der Waals surface area (Å²) >= 11 is 0.